The maximum absolute atomic E-state index is 10.7. The molecule has 1 N–H and O–H groups in total. The van der Waals surface area contributed by atoms with Crippen molar-refractivity contribution in [1.82, 2.24) is 0 Å². The highest BCUT2D eigenvalue weighted by Gasteiger charge is 2.20. The third-order valence-electron chi connectivity index (χ3n) is 2.14. The Labute approximate surface area is 93.9 Å². The van der Waals surface area contributed by atoms with Crippen molar-refractivity contribution < 1.29 is 19.4 Å². The highest BCUT2D eigenvalue weighted by atomic mass is 16.7. The topological polar surface area (TPSA) is 63.6 Å². The van der Waals surface area contributed by atoms with Gasteiger partial charge in [-0.15, -0.1) is 0 Å². The van der Waals surface area contributed by atoms with E-state index >= 15 is 0 Å². The van der Waals surface area contributed by atoms with E-state index in [0.717, 1.165) is 6.29 Å². The lowest BCUT2D eigenvalue weighted by Gasteiger charge is -2.21. The molecule has 0 fully saturated rings. The van der Waals surface area contributed by atoms with E-state index in [9.17, 15) is 9.59 Å². The fourth-order valence-corrected chi connectivity index (χ4v) is 1.39. The first-order valence-electron chi connectivity index (χ1n) is 4.85. The first-order chi connectivity index (χ1) is 7.34. The molecule has 0 aliphatic rings. The minimum atomic E-state index is -1.36. The molecule has 4 heteroatoms. The van der Waals surface area contributed by atoms with E-state index in [2.05, 4.69) is 4.74 Å². The standard InChI is InChI=1S/C12H14O4/c1-12(2,3)9-6-8(7-13)4-5-10(9)16-11(14)15/h4-7H,1-3H3,(H,14,15). The second kappa shape index (κ2) is 4.35. The molecule has 86 valence electrons. The van der Waals surface area contributed by atoms with Crippen molar-refractivity contribution in [2.24, 2.45) is 0 Å². The van der Waals surface area contributed by atoms with Gasteiger partial charge in [0, 0.05) is 11.1 Å². The van der Waals surface area contributed by atoms with Crippen molar-refractivity contribution in [2.75, 3.05) is 0 Å². The smallest absolute Gasteiger partial charge is 0.449 e. The van der Waals surface area contributed by atoms with Crippen LogP contribution in [0.3, 0.4) is 0 Å². The molecule has 0 bridgehead atoms. The van der Waals surface area contributed by atoms with Gasteiger partial charge in [0.1, 0.15) is 12.0 Å². The van der Waals surface area contributed by atoms with Crippen LogP contribution < -0.4 is 4.74 Å². The van der Waals surface area contributed by atoms with Crippen molar-refractivity contribution in [3.63, 3.8) is 0 Å². The number of carboxylic acid groups (broad SMARTS) is 1. The van der Waals surface area contributed by atoms with E-state index in [1.54, 1.807) is 6.07 Å². The van der Waals surface area contributed by atoms with Crippen LogP contribution >= 0.6 is 0 Å². The van der Waals surface area contributed by atoms with Crippen molar-refractivity contribution in [2.45, 2.75) is 26.2 Å². The third-order valence-corrected chi connectivity index (χ3v) is 2.14. The van der Waals surface area contributed by atoms with Gasteiger partial charge in [0.05, 0.1) is 0 Å². The molecule has 0 unspecified atom stereocenters. The summed E-state index contributed by atoms with van der Waals surface area (Å²) in [7, 11) is 0. The van der Waals surface area contributed by atoms with Crippen molar-refractivity contribution >= 4 is 12.4 Å². The van der Waals surface area contributed by atoms with Gasteiger partial charge < -0.3 is 9.84 Å². The number of benzene rings is 1. The molecule has 0 radical (unpaired) electrons. The summed E-state index contributed by atoms with van der Waals surface area (Å²) in [6.07, 6.45) is -0.635. The van der Waals surface area contributed by atoms with Gasteiger partial charge >= 0.3 is 6.16 Å². The molecular formula is C12H14O4. The molecule has 0 heterocycles. The van der Waals surface area contributed by atoms with Crippen LogP contribution in [0.2, 0.25) is 0 Å². The molecule has 1 aromatic rings. The van der Waals surface area contributed by atoms with Crippen LogP contribution in [0, 0.1) is 0 Å². The van der Waals surface area contributed by atoms with E-state index in [1.807, 2.05) is 20.8 Å². The zero-order chi connectivity index (χ0) is 12.3. The van der Waals surface area contributed by atoms with Crippen LogP contribution in [0.1, 0.15) is 36.7 Å². The Hall–Kier alpha value is -1.84. The highest BCUT2D eigenvalue weighted by Crippen LogP contribution is 2.31. The average Bonchev–Trinajstić information content (AvgIpc) is 2.15. The summed E-state index contributed by atoms with van der Waals surface area (Å²) < 4.78 is 4.67. The van der Waals surface area contributed by atoms with Crippen molar-refractivity contribution in [1.29, 1.82) is 0 Å². The molecule has 0 amide bonds. The Kier molecular flexibility index (Phi) is 3.32. The van der Waals surface area contributed by atoms with Gasteiger partial charge in [-0.25, -0.2) is 4.79 Å². The average molecular weight is 222 g/mol. The van der Waals surface area contributed by atoms with Crippen LogP contribution in [0.4, 0.5) is 4.79 Å². The lowest BCUT2D eigenvalue weighted by Crippen LogP contribution is -2.15. The monoisotopic (exact) mass is 222 g/mol. The van der Waals surface area contributed by atoms with Gasteiger partial charge in [-0.2, -0.15) is 0 Å². The third kappa shape index (κ3) is 2.82. The summed E-state index contributed by atoms with van der Waals surface area (Å²) >= 11 is 0. The number of ether oxygens (including phenoxy) is 1. The van der Waals surface area contributed by atoms with Gasteiger partial charge in [-0.1, -0.05) is 20.8 Å². The van der Waals surface area contributed by atoms with Crippen molar-refractivity contribution in [3.05, 3.63) is 29.3 Å². The zero-order valence-corrected chi connectivity index (χ0v) is 9.48. The van der Waals surface area contributed by atoms with Crippen LogP contribution in [-0.4, -0.2) is 17.5 Å². The van der Waals surface area contributed by atoms with E-state index in [-0.39, 0.29) is 11.2 Å². The fraction of sp³-hybridized carbons (Fsp3) is 0.333. The number of hydrogen-bond acceptors (Lipinski definition) is 3. The number of rotatable bonds is 2. The van der Waals surface area contributed by atoms with Gasteiger partial charge in [-0.05, 0) is 23.6 Å². The lowest BCUT2D eigenvalue weighted by molar-refractivity contribution is 0.112. The minimum Gasteiger partial charge on any atom is -0.449 e. The van der Waals surface area contributed by atoms with E-state index < -0.39 is 6.16 Å². The number of aldehydes is 1. The van der Waals surface area contributed by atoms with Crippen LogP contribution in [0.15, 0.2) is 18.2 Å². The van der Waals surface area contributed by atoms with Gasteiger partial charge in [0.15, 0.2) is 0 Å². The summed E-state index contributed by atoms with van der Waals surface area (Å²) in [5, 5.41) is 8.59. The summed E-state index contributed by atoms with van der Waals surface area (Å²) in [6, 6.07) is 4.67. The zero-order valence-electron chi connectivity index (χ0n) is 9.48. The predicted octanol–water partition coefficient (Wildman–Crippen LogP) is 2.85. The summed E-state index contributed by atoms with van der Waals surface area (Å²) in [5.41, 5.74) is 0.909. The SMILES string of the molecule is CC(C)(C)c1cc(C=O)ccc1OC(=O)O. The molecule has 4 nitrogen and oxygen atoms in total. The van der Waals surface area contributed by atoms with E-state index in [1.165, 1.54) is 12.1 Å². The van der Waals surface area contributed by atoms with Crippen LogP contribution in [0.5, 0.6) is 5.75 Å². The van der Waals surface area contributed by atoms with Crippen LogP contribution in [0.25, 0.3) is 0 Å². The summed E-state index contributed by atoms with van der Waals surface area (Å²) in [4.78, 5) is 21.2. The summed E-state index contributed by atoms with van der Waals surface area (Å²) in [5.74, 6) is 0.269. The van der Waals surface area contributed by atoms with Gasteiger partial charge in [0.2, 0.25) is 0 Å². The normalized spacial score (nSPS) is 10.9. The molecule has 1 aromatic carbocycles. The van der Waals surface area contributed by atoms with Crippen LogP contribution in [-0.2, 0) is 5.41 Å². The molecule has 0 aromatic heterocycles. The Morgan fingerprint density at radius 3 is 2.44 bits per heavy atom. The van der Waals surface area contributed by atoms with Crippen molar-refractivity contribution in [3.8, 4) is 5.75 Å². The second-order valence-corrected chi connectivity index (χ2v) is 4.49. The molecule has 16 heavy (non-hydrogen) atoms. The Morgan fingerprint density at radius 1 is 1.38 bits per heavy atom. The fourth-order valence-electron chi connectivity index (χ4n) is 1.39. The Morgan fingerprint density at radius 2 is 2.00 bits per heavy atom. The Bertz CT molecular complexity index is 416. The van der Waals surface area contributed by atoms with Gasteiger partial charge in [0.25, 0.3) is 0 Å². The first kappa shape index (κ1) is 12.2. The number of carbonyl (C=O) groups is 2. The lowest BCUT2D eigenvalue weighted by atomic mass is 9.85. The molecule has 0 atom stereocenters. The molecular weight excluding hydrogens is 208 g/mol. The molecule has 0 saturated carbocycles. The number of carbonyl (C=O) groups excluding carboxylic acids is 1. The summed E-state index contributed by atoms with van der Waals surface area (Å²) in [6.45, 7) is 5.77. The number of hydrogen-bond donors (Lipinski definition) is 1. The Balaban J connectivity index is 3.27. The molecule has 0 saturated heterocycles. The highest BCUT2D eigenvalue weighted by molar-refractivity contribution is 5.76. The molecule has 1 rings (SSSR count). The maximum Gasteiger partial charge on any atom is 0.511 e. The quantitative estimate of drug-likeness (QED) is 0.474. The largest absolute Gasteiger partial charge is 0.511 e. The molecule has 0 aliphatic heterocycles. The second-order valence-electron chi connectivity index (χ2n) is 4.49. The minimum absolute atomic E-state index is 0.269. The predicted molar refractivity (Wildman–Crippen MR) is 59.2 cm³/mol. The van der Waals surface area contributed by atoms with Gasteiger partial charge in [-0.3, -0.25) is 4.79 Å². The van der Waals surface area contributed by atoms with E-state index in [4.69, 9.17) is 5.11 Å². The maximum atomic E-state index is 10.7. The first-order valence-corrected chi connectivity index (χ1v) is 4.85. The molecule has 0 spiro atoms. The van der Waals surface area contributed by atoms with E-state index in [0.29, 0.717) is 11.1 Å². The molecule has 0 aliphatic carbocycles.